The van der Waals surface area contributed by atoms with E-state index in [1.165, 1.54) is 0 Å². The van der Waals surface area contributed by atoms with E-state index in [4.69, 9.17) is 0 Å². The molecule has 0 fully saturated rings. The first-order chi connectivity index (χ1) is 9.20. The molecule has 19 heavy (non-hydrogen) atoms. The molecule has 0 saturated carbocycles. The maximum Gasteiger partial charge on any atom is 0.244 e. The summed E-state index contributed by atoms with van der Waals surface area (Å²) < 4.78 is 1.65. The van der Waals surface area contributed by atoms with E-state index < -0.39 is 0 Å². The summed E-state index contributed by atoms with van der Waals surface area (Å²) in [5.74, 6) is 0.741. The van der Waals surface area contributed by atoms with Crippen LogP contribution in [-0.4, -0.2) is 32.0 Å². The fraction of sp³-hybridized carbons (Fsp3) is 0.154. The molecule has 0 aliphatic rings. The molecular formula is C13H13N5O. The Morgan fingerprint density at radius 2 is 2.05 bits per heavy atom. The molecule has 0 saturated heterocycles. The zero-order chi connectivity index (χ0) is 13.4. The summed E-state index contributed by atoms with van der Waals surface area (Å²) >= 11 is 0. The number of phenols is 1. The summed E-state index contributed by atoms with van der Waals surface area (Å²) in [7, 11) is 1.76. The standard InChI is InChI=1S/C13H13N5O/c1-8-3-4-9(11(19)7-8)12-10-5-6-15-18(10)13(14-2)17-16-12/h3-7,19H,1-2H3,(H,14,17). The molecule has 6 nitrogen and oxygen atoms in total. The van der Waals surface area contributed by atoms with E-state index in [0.29, 0.717) is 17.2 Å². The number of aryl methyl sites for hydroxylation is 1. The van der Waals surface area contributed by atoms with Crippen molar-refractivity contribution in [2.75, 3.05) is 12.4 Å². The van der Waals surface area contributed by atoms with Gasteiger partial charge in [-0.05, 0) is 30.7 Å². The predicted octanol–water partition coefficient (Wildman–Crippen LogP) is 1.85. The average Bonchev–Trinajstić information content (AvgIpc) is 2.87. The molecule has 0 spiro atoms. The number of fused-ring (bicyclic) bond motifs is 1. The van der Waals surface area contributed by atoms with Crippen molar-refractivity contribution in [1.82, 2.24) is 19.8 Å². The number of nitrogens with one attached hydrogen (secondary N) is 1. The topological polar surface area (TPSA) is 75.3 Å². The van der Waals surface area contributed by atoms with E-state index >= 15 is 0 Å². The van der Waals surface area contributed by atoms with Crippen LogP contribution in [-0.2, 0) is 0 Å². The molecule has 96 valence electrons. The van der Waals surface area contributed by atoms with Gasteiger partial charge in [-0.2, -0.15) is 9.61 Å². The summed E-state index contributed by atoms with van der Waals surface area (Å²) in [6.45, 7) is 1.92. The number of rotatable bonds is 2. The van der Waals surface area contributed by atoms with E-state index in [2.05, 4.69) is 20.6 Å². The molecule has 3 rings (SSSR count). The van der Waals surface area contributed by atoms with Crippen LogP contribution in [0.2, 0.25) is 0 Å². The van der Waals surface area contributed by atoms with Crippen LogP contribution >= 0.6 is 0 Å². The molecule has 0 radical (unpaired) electrons. The van der Waals surface area contributed by atoms with Gasteiger partial charge >= 0.3 is 0 Å². The Hall–Kier alpha value is -2.63. The number of anilines is 1. The van der Waals surface area contributed by atoms with Gasteiger partial charge in [0.15, 0.2) is 0 Å². The van der Waals surface area contributed by atoms with Gasteiger partial charge < -0.3 is 10.4 Å². The third-order valence-electron chi connectivity index (χ3n) is 2.96. The second-order valence-electron chi connectivity index (χ2n) is 4.27. The van der Waals surface area contributed by atoms with Crippen molar-refractivity contribution in [3.63, 3.8) is 0 Å². The van der Waals surface area contributed by atoms with Crippen molar-refractivity contribution in [3.8, 4) is 17.0 Å². The van der Waals surface area contributed by atoms with Gasteiger partial charge in [-0.1, -0.05) is 6.07 Å². The van der Waals surface area contributed by atoms with Gasteiger partial charge in [0.1, 0.15) is 11.4 Å². The van der Waals surface area contributed by atoms with Gasteiger partial charge in [0, 0.05) is 12.6 Å². The van der Waals surface area contributed by atoms with E-state index in [-0.39, 0.29) is 5.75 Å². The summed E-state index contributed by atoms with van der Waals surface area (Å²) in [5.41, 5.74) is 3.03. The van der Waals surface area contributed by atoms with Gasteiger partial charge in [-0.15, -0.1) is 10.2 Å². The molecule has 3 aromatic rings. The van der Waals surface area contributed by atoms with E-state index in [1.807, 2.05) is 25.1 Å². The van der Waals surface area contributed by atoms with Gasteiger partial charge in [-0.25, -0.2) is 0 Å². The Kier molecular flexibility index (Phi) is 2.56. The number of hydrogen-bond acceptors (Lipinski definition) is 5. The number of nitrogens with zero attached hydrogens (tertiary/aromatic N) is 4. The van der Waals surface area contributed by atoms with Crippen molar-refractivity contribution in [2.45, 2.75) is 6.92 Å². The summed E-state index contributed by atoms with van der Waals surface area (Å²) in [6.07, 6.45) is 1.67. The van der Waals surface area contributed by atoms with Gasteiger partial charge in [-0.3, -0.25) is 0 Å². The summed E-state index contributed by atoms with van der Waals surface area (Å²) in [5, 5.41) is 25.4. The van der Waals surface area contributed by atoms with Crippen molar-refractivity contribution >= 4 is 11.5 Å². The quantitative estimate of drug-likeness (QED) is 0.731. The van der Waals surface area contributed by atoms with Crippen molar-refractivity contribution in [3.05, 3.63) is 36.0 Å². The van der Waals surface area contributed by atoms with Crippen LogP contribution in [0.3, 0.4) is 0 Å². The fourth-order valence-electron chi connectivity index (χ4n) is 2.03. The molecule has 0 atom stereocenters. The maximum absolute atomic E-state index is 10.1. The Balaban J connectivity index is 2.28. The minimum Gasteiger partial charge on any atom is -0.507 e. The number of aromatic nitrogens is 4. The van der Waals surface area contributed by atoms with Crippen LogP contribution in [0.4, 0.5) is 5.95 Å². The normalized spacial score (nSPS) is 10.8. The molecule has 2 aromatic heterocycles. The molecule has 0 unspecified atom stereocenters. The third kappa shape index (κ3) is 1.77. The van der Waals surface area contributed by atoms with Crippen molar-refractivity contribution < 1.29 is 5.11 Å². The molecular weight excluding hydrogens is 242 g/mol. The summed E-state index contributed by atoms with van der Waals surface area (Å²) in [6, 6.07) is 7.30. The molecule has 2 heterocycles. The number of hydrogen-bond donors (Lipinski definition) is 2. The lowest BCUT2D eigenvalue weighted by atomic mass is 10.1. The lowest BCUT2D eigenvalue weighted by Gasteiger charge is -2.08. The van der Waals surface area contributed by atoms with Crippen LogP contribution in [0.1, 0.15) is 5.56 Å². The van der Waals surface area contributed by atoms with Gasteiger partial charge in [0.05, 0.1) is 11.7 Å². The van der Waals surface area contributed by atoms with E-state index in [1.54, 1.807) is 23.8 Å². The Bertz CT molecular complexity index is 750. The second kappa shape index (κ2) is 4.24. The van der Waals surface area contributed by atoms with E-state index in [9.17, 15) is 5.11 Å². The molecule has 0 aliphatic carbocycles. The maximum atomic E-state index is 10.1. The highest BCUT2D eigenvalue weighted by molar-refractivity contribution is 5.80. The van der Waals surface area contributed by atoms with Crippen LogP contribution in [0.5, 0.6) is 5.75 Å². The van der Waals surface area contributed by atoms with Crippen molar-refractivity contribution in [2.24, 2.45) is 0 Å². The average molecular weight is 255 g/mol. The first-order valence-electron chi connectivity index (χ1n) is 5.89. The Morgan fingerprint density at radius 1 is 1.21 bits per heavy atom. The molecule has 0 amide bonds. The minimum atomic E-state index is 0.189. The minimum absolute atomic E-state index is 0.189. The number of phenolic OH excluding ortho intramolecular Hbond substituents is 1. The van der Waals surface area contributed by atoms with Crippen LogP contribution in [0, 0.1) is 6.92 Å². The highest BCUT2D eigenvalue weighted by Crippen LogP contribution is 2.31. The molecule has 0 aliphatic heterocycles. The molecule has 6 heteroatoms. The van der Waals surface area contributed by atoms with Crippen LogP contribution in [0.25, 0.3) is 16.8 Å². The van der Waals surface area contributed by atoms with Gasteiger partial charge in [0.2, 0.25) is 5.95 Å². The largest absolute Gasteiger partial charge is 0.507 e. The van der Waals surface area contributed by atoms with Gasteiger partial charge in [0.25, 0.3) is 0 Å². The highest BCUT2D eigenvalue weighted by Gasteiger charge is 2.13. The Labute approximate surface area is 109 Å². The predicted molar refractivity (Wildman–Crippen MR) is 72.2 cm³/mol. The molecule has 2 N–H and O–H groups in total. The van der Waals surface area contributed by atoms with Crippen LogP contribution in [0.15, 0.2) is 30.5 Å². The second-order valence-corrected chi connectivity index (χ2v) is 4.27. The smallest absolute Gasteiger partial charge is 0.244 e. The van der Waals surface area contributed by atoms with Crippen LogP contribution < -0.4 is 5.32 Å². The number of aromatic hydroxyl groups is 1. The fourth-order valence-corrected chi connectivity index (χ4v) is 2.03. The lowest BCUT2D eigenvalue weighted by Crippen LogP contribution is -2.05. The SMILES string of the molecule is CNc1nnc(-c2ccc(C)cc2O)c2ccnn12. The summed E-state index contributed by atoms with van der Waals surface area (Å²) in [4.78, 5) is 0. The number of benzene rings is 1. The zero-order valence-electron chi connectivity index (χ0n) is 10.6. The first-order valence-corrected chi connectivity index (χ1v) is 5.89. The van der Waals surface area contributed by atoms with E-state index in [0.717, 1.165) is 11.1 Å². The highest BCUT2D eigenvalue weighted by atomic mass is 16.3. The molecule has 1 aromatic carbocycles. The zero-order valence-corrected chi connectivity index (χ0v) is 10.6. The third-order valence-corrected chi connectivity index (χ3v) is 2.96. The molecule has 0 bridgehead atoms. The van der Waals surface area contributed by atoms with Crippen molar-refractivity contribution in [1.29, 1.82) is 0 Å². The Morgan fingerprint density at radius 3 is 2.79 bits per heavy atom. The lowest BCUT2D eigenvalue weighted by molar-refractivity contribution is 0.476. The monoisotopic (exact) mass is 255 g/mol. The first kappa shape index (κ1) is 11.5.